The molecule has 1 unspecified atom stereocenters. The van der Waals surface area contributed by atoms with Gasteiger partial charge in [0.15, 0.2) is 0 Å². The Bertz CT molecular complexity index is 1060. The third-order valence-corrected chi connectivity index (χ3v) is 6.48. The van der Waals surface area contributed by atoms with Gasteiger partial charge < -0.3 is 10.1 Å². The topological polar surface area (TPSA) is 54.5 Å². The smallest absolute Gasteiger partial charge is 0.242 e. The first-order chi connectivity index (χ1) is 15.8. The highest BCUT2D eigenvalue weighted by Gasteiger charge is 2.34. The summed E-state index contributed by atoms with van der Waals surface area (Å²) in [6.07, 6.45) is 8.01. The average Bonchev–Trinajstić information content (AvgIpc) is 3.26. The van der Waals surface area contributed by atoms with Gasteiger partial charge in [-0.15, -0.1) is 0 Å². The SMILES string of the molecule is O=C(NC1CCCC1)C1c2cnccc2OCCN1Cc1cccc(-c2ccccc2)c1. The summed E-state index contributed by atoms with van der Waals surface area (Å²) in [5, 5.41) is 3.31. The van der Waals surface area contributed by atoms with Crippen LogP contribution in [0.3, 0.4) is 0 Å². The zero-order chi connectivity index (χ0) is 21.8. The number of carbonyl (C=O) groups is 1. The zero-order valence-electron chi connectivity index (χ0n) is 18.2. The van der Waals surface area contributed by atoms with Crippen molar-refractivity contribution in [2.24, 2.45) is 0 Å². The predicted molar refractivity (Wildman–Crippen MR) is 125 cm³/mol. The number of carbonyl (C=O) groups excluding carboxylic acids is 1. The van der Waals surface area contributed by atoms with E-state index in [1.165, 1.54) is 29.5 Å². The molecular weight excluding hydrogens is 398 g/mol. The lowest BCUT2D eigenvalue weighted by Gasteiger charge is -2.30. The summed E-state index contributed by atoms with van der Waals surface area (Å²) in [4.78, 5) is 20.1. The van der Waals surface area contributed by atoms with Crippen molar-refractivity contribution in [3.05, 3.63) is 84.2 Å². The minimum atomic E-state index is -0.415. The van der Waals surface area contributed by atoms with Crippen molar-refractivity contribution < 1.29 is 9.53 Å². The second-order valence-electron chi connectivity index (χ2n) is 8.69. The largest absolute Gasteiger partial charge is 0.492 e. The van der Waals surface area contributed by atoms with Gasteiger partial charge in [-0.05, 0) is 41.7 Å². The Kier molecular flexibility index (Phi) is 6.17. The van der Waals surface area contributed by atoms with Crippen LogP contribution in [0, 0.1) is 0 Å². The second-order valence-corrected chi connectivity index (χ2v) is 8.69. The Morgan fingerprint density at radius 2 is 1.84 bits per heavy atom. The van der Waals surface area contributed by atoms with E-state index in [2.05, 4.69) is 63.7 Å². The fraction of sp³-hybridized carbons (Fsp3) is 0.333. The standard InChI is InChI=1S/C27H29N3O2/c31-27(29-23-11-4-5-12-23)26-24-18-28-14-13-25(24)32-16-15-30(26)19-20-7-6-10-22(17-20)21-8-2-1-3-9-21/h1-3,6-10,13-14,17-18,23,26H,4-5,11-12,15-16,19H2,(H,29,31). The Morgan fingerprint density at radius 1 is 1.03 bits per heavy atom. The minimum absolute atomic E-state index is 0.0517. The summed E-state index contributed by atoms with van der Waals surface area (Å²) in [5.74, 6) is 0.808. The summed E-state index contributed by atoms with van der Waals surface area (Å²) < 4.78 is 6.00. The van der Waals surface area contributed by atoms with Crippen LogP contribution in [0.1, 0.15) is 42.9 Å². The van der Waals surface area contributed by atoms with Gasteiger partial charge >= 0.3 is 0 Å². The Balaban J connectivity index is 1.44. The van der Waals surface area contributed by atoms with Gasteiger partial charge in [-0.1, -0.05) is 61.4 Å². The fourth-order valence-corrected chi connectivity index (χ4v) is 4.87. The number of pyridine rings is 1. The molecule has 0 bridgehead atoms. The molecule has 164 valence electrons. The van der Waals surface area contributed by atoms with Crippen molar-refractivity contribution in [1.82, 2.24) is 15.2 Å². The Labute approximate surface area is 189 Å². The molecule has 3 aromatic rings. The van der Waals surface area contributed by atoms with Crippen molar-refractivity contribution in [1.29, 1.82) is 0 Å². The number of benzene rings is 2. The van der Waals surface area contributed by atoms with Gasteiger partial charge in [0.05, 0.1) is 0 Å². The van der Waals surface area contributed by atoms with E-state index < -0.39 is 6.04 Å². The highest BCUT2D eigenvalue weighted by atomic mass is 16.5. The van der Waals surface area contributed by atoms with Gasteiger partial charge in [0, 0.05) is 37.1 Å². The molecule has 2 aromatic carbocycles. The maximum Gasteiger partial charge on any atom is 0.242 e. The number of ether oxygens (including phenoxy) is 1. The summed E-state index contributed by atoms with van der Waals surface area (Å²) in [7, 11) is 0. The lowest BCUT2D eigenvalue weighted by molar-refractivity contribution is -0.127. The number of hydrogen-bond donors (Lipinski definition) is 1. The molecule has 2 heterocycles. The highest BCUT2D eigenvalue weighted by Crippen LogP contribution is 2.33. The van der Waals surface area contributed by atoms with Crippen LogP contribution < -0.4 is 10.1 Å². The average molecular weight is 428 g/mol. The van der Waals surface area contributed by atoms with E-state index in [1.54, 1.807) is 12.4 Å². The van der Waals surface area contributed by atoms with Gasteiger partial charge in [-0.25, -0.2) is 0 Å². The molecule has 1 N–H and O–H groups in total. The highest BCUT2D eigenvalue weighted by molar-refractivity contribution is 5.84. The molecule has 0 spiro atoms. The van der Waals surface area contributed by atoms with Gasteiger partial charge in [0.25, 0.3) is 0 Å². The maximum absolute atomic E-state index is 13.5. The van der Waals surface area contributed by atoms with Gasteiger partial charge in [0.2, 0.25) is 5.91 Å². The normalized spacial score (nSPS) is 19.1. The van der Waals surface area contributed by atoms with Crippen molar-refractivity contribution in [3.8, 4) is 16.9 Å². The van der Waals surface area contributed by atoms with Crippen molar-refractivity contribution in [2.45, 2.75) is 44.3 Å². The molecule has 1 amide bonds. The number of aromatic nitrogens is 1. The Hall–Kier alpha value is -3.18. The van der Waals surface area contributed by atoms with E-state index in [9.17, 15) is 4.79 Å². The third kappa shape index (κ3) is 4.53. The number of amides is 1. The van der Waals surface area contributed by atoms with Crippen molar-refractivity contribution in [2.75, 3.05) is 13.2 Å². The van der Waals surface area contributed by atoms with Gasteiger partial charge in [-0.3, -0.25) is 14.7 Å². The number of nitrogens with one attached hydrogen (secondary N) is 1. The molecule has 1 atom stereocenters. The summed E-state index contributed by atoms with van der Waals surface area (Å²) >= 11 is 0. The maximum atomic E-state index is 13.5. The van der Waals surface area contributed by atoms with Crippen LogP contribution in [0.2, 0.25) is 0 Å². The number of nitrogens with zero attached hydrogens (tertiary/aromatic N) is 2. The van der Waals surface area contributed by atoms with E-state index in [-0.39, 0.29) is 11.9 Å². The quantitative estimate of drug-likeness (QED) is 0.639. The molecule has 2 aliphatic rings. The molecule has 1 aliphatic heterocycles. The fourth-order valence-electron chi connectivity index (χ4n) is 4.87. The summed E-state index contributed by atoms with van der Waals surface area (Å²) in [5.41, 5.74) is 4.40. The van der Waals surface area contributed by atoms with Crippen LogP contribution in [0.4, 0.5) is 0 Å². The van der Waals surface area contributed by atoms with E-state index in [1.807, 2.05) is 12.1 Å². The van der Waals surface area contributed by atoms with Crippen LogP contribution >= 0.6 is 0 Å². The monoisotopic (exact) mass is 427 g/mol. The minimum Gasteiger partial charge on any atom is -0.492 e. The molecule has 1 aliphatic carbocycles. The van der Waals surface area contributed by atoms with E-state index in [0.717, 1.165) is 24.2 Å². The molecule has 5 rings (SSSR count). The third-order valence-electron chi connectivity index (χ3n) is 6.48. The van der Waals surface area contributed by atoms with Crippen molar-refractivity contribution >= 4 is 5.91 Å². The Morgan fingerprint density at radius 3 is 2.69 bits per heavy atom. The van der Waals surface area contributed by atoms with E-state index >= 15 is 0 Å². The molecule has 1 saturated carbocycles. The molecule has 0 radical (unpaired) electrons. The lowest BCUT2D eigenvalue weighted by atomic mass is 10.0. The molecule has 0 saturated heterocycles. The first kappa shape index (κ1) is 20.7. The van der Waals surface area contributed by atoms with Gasteiger partial charge in [-0.2, -0.15) is 0 Å². The second kappa shape index (κ2) is 9.53. The summed E-state index contributed by atoms with van der Waals surface area (Å²) in [6, 6.07) is 20.7. The number of fused-ring (bicyclic) bond motifs is 1. The van der Waals surface area contributed by atoms with Crippen LogP contribution in [0.25, 0.3) is 11.1 Å². The number of hydrogen-bond acceptors (Lipinski definition) is 4. The van der Waals surface area contributed by atoms with Crippen LogP contribution in [-0.2, 0) is 11.3 Å². The number of rotatable bonds is 5. The lowest BCUT2D eigenvalue weighted by Crippen LogP contribution is -2.43. The first-order valence-corrected chi connectivity index (χ1v) is 11.5. The van der Waals surface area contributed by atoms with Crippen LogP contribution in [0.15, 0.2) is 73.1 Å². The molecular formula is C27H29N3O2. The molecule has 5 nitrogen and oxygen atoms in total. The van der Waals surface area contributed by atoms with E-state index in [4.69, 9.17) is 4.74 Å². The van der Waals surface area contributed by atoms with Crippen LogP contribution in [-0.4, -0.2) is 35.0 Å². The first-order valence-electron chi connectivity index (χ1n) is 11.5. The molecule has 1 aromatic heterocycles. The van der Waals surface area contributed by atoms with Crippen LogP contribution in [0.5, 0.6) is 5.75 Å². The molecule has 1 fully saturated rings. The van der Waals surface area contributed by atoms with Gasteiger partial charge in [0.1, 0.15) is 18.4 Å². The molecule has 32 heavy (non-hydrogen) atoms. The summed E-state index contributed by atoms with van der Waals surface area (Å²) in [6.45, 7) is 1.89. The van der Waals surface area contributed by atoms with Crippen molar-refractivity contribution in [3.63, 3.8) is 0 Å². The zero-order valence-corrected chi connectivity index (χ0v) is 18.2. The predicted octanol–water partition coefficient (Wildman–Crippen LogP) is 4.74. The van der Waals surface area contributed by atoms with E-state index in [0.29, 0.717) is 19.7 Å². The molecule has 5 heteroatoms.